The SMILES string of the molecule is Cc1cc(C)c2nc(-c3oc4c(c3C)CCC=C4)cc(CC(=O)O)c2c1. The Balaban J connectivity index is 1.98. The number of aliphatic carboxylic acids is 1. The molecule has 2 aromatic heterocycles. The van der Waals surface area contributed by atoms with E-state index in [-0.39, 0.29) is 6.42 Å². The van der Waals surface area contributed by atoms with E-state index < -0.39 is 5.97 Å². The van der Waals surface area contributed by atoms with Crippen LogP contribution in [0.4, 0.5) is 0 Å². The largest absolute Gasteiger partial charge is 0.481 e. The fraction of sp³-hybridized carbons (Fsp3) is 0.273. The van der Waals surface area contributed by atoms with Crippen molar-refractivity contribution in [2.24, 2.45) is 0 Å². The number of pyridine rings is 1. The van der Waals surface area contributed by atoms with Crippen molar-refractivity contribution in [2.45, 2.75) is 40.0 Å². The first-order valence-electron chi connectivity index (χ1n) is 8.86. The van der Waals surface area contributed by atoms with Crippen LogP contribution in [0.3, 0.4) is 0 Å². The highest BCUT2D eigenvalue weighted by Gasteiger charge is 2.21. The zero-order valence-electron chi connectivity index (χ0n) is 15.2. The van der Waals surface area contributed by atoms with E-state index in [0.717, 1.165) is 57.5 Å². The zero-order valence-corrected chi connectivity index (χ0v) is 15.2. The van der Waals surface area contributed by atoms with Gasteiger partial charge in [-0.15, -0.1) is 0 Å². The lowest BCUT2D eigenvalue weighted by atomic mass is 9.97. The number of carbonyl (C=O) groups is 1. The Morgan fingerprint density at radius 3 is 2.77 bits per heavy atom. The van der Waals surface area contributed by atoms with Crippen molar-refractivity contribution in [3.8, 4) is 11.5 Å². The minimum Gasteiger partial charge on any atom is -0.481 e. The predicted octanol–water partition coefficient (Wildman–Crippen LogP) is 5.01. The van der Waals surface area contributed by atoms with Crippen LogP contribution in [0.2, 0.25) is 0 Å². The van der Waals surface area contributed by atoms with Gasteiger partial charge in [-0.2, -0.15) is 0 Å². The number of hydrogen-bond donors (Lipinski definition) is 1. The van der Waals surface area contributed by atoms with Gasteiger partial charge in [0.15, 0.2) is 5.76 Å². The van der Waals surface area contributed by atoms with E-state index in [1.807, 2.05) is 32.1 Å². The Morgan fingerprint density at radius 2 is 2.04 bits per heavy atom. The van der Waals surface area contributed by atoms with Crippen LogP contribution in [-0.4, -0.2) is 16.1 Å². The average molecular weight is 347 g/mol. The average Bonchev–Trinajstić information content (AvgIpc) is 2.92. The van der Waals surface area contributed by atoms with Crippen molar-refractivity contribution < 1.29 is 14.3 Å². The first kappa shape index (κ1) is 16.6. The number of aryl methyl sites for hydroxylation is 2. The molecule has 1 aliphatic rings. The van der Waals surface area contributed by atoms with Crippen LogP contribution in [-0.2, 0) is 17.6 Å². The van der Waals surface area contributed by atoms with Gasteiger partial charge >= 0.3 is 5.97 Å². The Morgan fingerprint density at radius 1 is 1.23 bits per heavy atom. The maximum atomic E-state index is 11.4. The fourth-order valence-corrected chi connectivity index (χ4v) is 3.85. The van der Waals surface area contributed by atoms with Gasteiger partial charge in [0.05, 0.1) is 11.9 Å². The molecule has 1 aliphatic carbocycles. The van der Waals surface area contributed by atoms with Gasteiger partial charge in [-0.05, 0) is 62.9 Å². The first-order valence-corrected chi connectivity index (χ1v) is 8.86. The Hall–Kier alpha value is -2.88. The number of rotatable bonds is 3. The zero-order chi connectivity index (χ0) is 18.4. The van der Waals surface area contributed by atoms with Gasteiger partial charge in [-0.25, -0.2) is 4.98 Å². The third-order valence-corrected chi connectivity index (χ3v) is 5.04. The minimum atomic E-state index is -0.846. The summed E-state index contributed by atoms with van der Waals surface area (Å²) < 4.78 is 6.10. The second-order valence-corrected chi connectivity index (χ2v) is 7.06. The summed E-state index contributed by atoms with van der Waals surface area (Å²) in [4.78, 5) is 16.3. The highest BCUT2D eigenvalue weighted by atomic mass is 16.4. The quantitative estimate of drug-likeness (QED) is 0.723. The molecule has 0 unspecified atom stereocenters. The van der Waals surface area contributed by atoms with Gasteiger partial charge in [0.25, 0.3) is 0 Å². The second kappa shape index (κ2) is 6.13. The molecule has 4 rings (SSSR count). The number of benzene rings is 1. The van der Waals surface area contributed by atoms with E-state index in [9.17, 15) is 9.90 Å². The predicted molar refractivity (Wildman–Crippen MR) is 102 cm³/mol. The van der Waals surface area contributed by atoms with Crippen molar-refractivity contribution in [2.75, 3.05) is 0 Å². The van der Waals surface area contributed by atoms with E-state index in [0.29, 0.717) is 5.69 Å². The smallest absolute Gasteiger partial charge is 0.307 e. The third kappa shape index (κ3) is 2.71. The maximum absolute atomic E-state index is 11.4. The summed E-state index contributed by atoms with van der Waals surface area (Å²) in [6.07, 6.45) is 6.08. The molecule has 0 spiro atoms. The van der Waals surface area contributed by atoms with Gasteiger partial charge < -0.3 is 9.52 Å². The number of nitrogens with zero attached hydrogens (tertiary/aromatic N) is 1. The third-order valence-electron chi connectivity index (χ3n) is 5.04. The summed E-state index contributed by atoms with van der Waals surface area (Å²) in [5, 5.41) is 10.3. The number of fused-ring (bicyclic) bond motifs is 2. The van der Waals surface area contributed by atoms with Crippen LogP contribution in [0.25, 0.3) is 28.4 Å². The number of hydrogen-bond acceptors (Lipinski definition) is 3. The topological polar surface area (TPSA) is 63.3 Å². The molecule has 0 bridgehead atoms. The fourth-order valence-electron chi connectivity index (χ4n) is 3.85. The van der Waals surface area contributed by atoms with E-state index in [4.69, 9.17) is 9.40 Å². The van der Waals surface area contributed by atoms with Crippen molar-refractivity contribution in [1.82, 2.24) is 4.98 Å². The number of furan rings is 1. The van der Waals surface area contributed by atoms with Gasteiger partial charge in [0.2, 0.25) is 0 Å². The summed E-state index contributed by atoms with van der Waals surface area (Å²) in [5.41, 5.74) is 6.80. The molecule has 0 atom stereocenters. The Labute approximate surface area is 152 Å². The van der Waals surface area contributed by atoms with Crippen LogP contribution < -0.4 is 0 Å². The summed E-state index contributed by atoms with van der Waals surface area (Å²) in [5.74, 6) is 0.794. The summed E-state index contributed by atoms with van der Waals surface area (Å²) in [6, 6.07) is 5.96. The second-order valence-electron chi connectivity index (χ2n) is 7.06. The molecule has 0 saturated carbocycles. The number of aromatic nitrogens is 1. The van der Waals surface area contributed by atoms with Crippen molar-refractivity contribution in [1.29, 1.82) is 0 Å². The number of carboxylic acid groups (broad SMARTS) is 1. The Kier molecular flexibility index (Phi) is 3.91. The standard InChI is InChI=1S/C22H21NO3/c1-12-8-13(2)21-17(9-12)15(11-20(24)25)10-18(23-21)22-14(3)16-6-4-5-7-19(16)26-22/h5,7-10H,4,6,11H2,1-3H3,(H,24,25). The van der Waals surface area contributed by atoms with Gasteiger partial charge in [0.1, 0.15) is 11.5 Å². The highest BCUT2D eigenvalue weighted by Crippen LogP contribution is 2.36. The van der Waals surface area contributed by atoms with E-state index in [2.05, 4.69) is 19.1 Å². The van der Waals surface area contributed by atoms with Gasteiger partial charge in [-0.1, -0.05) is 17.7 Å². The van der Waals surface area contributed by atoms with Crippen molar-refractivity contribution in [3.63, 3.8) is 0 Å². The molecule has 0 fully saturated rings. The molecule has 2 heterocycles. The highest BCUT2D eigenvalue weighted by molar-refractivity contribution is 5.91. The minimum absolute atomic E-state index is 0.0334. The lowest BCUT2D eigenvalue weighted by Gasteiger charge is -2.11. The van der Waals surface area contributed by atoms with Crippen LogP contribution in [0.5, 0.6) is 0 Å². The van der Waals surface area contributed by atoms with Gasteiger partial charge in [-0.3, -0.25) is 4.79 Å². The molecule has 26 heavy (non-hydrogen) atoms. The Bertz CT molecular complexity index is 1070. The van der Waals surface area contributed by atoms with E-state index in [1.54, 1.807) is 0 Å². The van der Waals surface area contributed by atoms with Crippen LogP contribution in [0, 0.1) is 20.8 Å². The molecule has 0 radical (unpaired) electrons. The molecular weight excluding hydrogens is 326 g/mol. The lowest BCUT2D eigenvalue weighted by Crippen LogP contribution is -2.03. The van der Waals surface area contributed by atoms with Gasteiger partial charge in [0, 0.05) is 16.5 Å². The molecule has 0 saturated heterocycles. The molecule has 3 aromatic rings. The number of allylic oxidation sites excluding steroid dienone is 1. The lowest BCUT2D eigenvalue weighted by molar-refractivity contribution is -0.136. The van der Waals surface area contributed by atoms with Crippen molar-refractivity contribution >= 4 is 22.9 Å². The summed E-state index contributed by atoms with van der Waals surface area (Å²) >= 11 is 0. The summed E-state index contributed by atoms with van der Waals surface area (Å²) in [7, 11) is 0. The molecule has 1 N–H and O–H groups in total. The maximum Gasteiger partial charge on any atom is 0.307 e. The van der Waals surface area contributed by atoms with Crippen LogP contribution >= 0.6 is 0 Å². The molecule has 132 valence electrons. The number of carboxylic acids is 1. The molecule has 0 aliphatic heterocycles. The van der Waals surface area contributed by atoms with Crippen molar-refractivity contribution in [3.05, 3.63) is 57.9 Å². The molecule has 4 nitrogen and oxygen atoms in total. The summed E-state index contributed by atoms with van der Waals surface area (Å²) in [6.45, 7) is 6.09. The van der Waals surface area contributed by atoms with Crippen LogP contribution in [0.15, 0.2) is 28.7 Å². The monoisotopic (exact) mass is 347 g/mol. The first-order chi connectivity index (χ1) is 12.4. The molecule has 0 amide bonds. The molecule has 4 heteroatoms. The molecule has 1 aromatic carbocycles. The van der Waals surface area contributed by atoms with Crippen LogP contribution in [0.1, 0.15) is 40.0 Å². The van der Waals surface area contributed by atoms with E-state index >= 15 is 0 Å². The van der Waals surface area contributed by atoms with E-state index in [1.165, 1.54) is 5.56 Å². The normalized spacial score (nSPS) is 13.2. The molecular formula is C22H21NO3.